The van der Waals surface area contributed by atoms with Gasteiger partial charge in [0.25, 0.3) is 0 Å². The number of nitrogens with one attached hydrogen (secondary N) is 3. The summed E-state index contributed by atoms with van der Waals surface area (Å²) in [6, 6.07) is 22.5. The van der Waals surface area contributed by atoms with E-state index in [0.717, 1.165) is 43.5 Å². The normalized spacial score (nSPS) is 19.5. The number of sulfonamides is 1. The van der Waals surface area contributed by atoms with E-state index in [1.54, 1.807) is 0 Å². The van der Waals surface area contributed by atoms with E-state index in [-0.39, 0.29) is 4.90 Å². The highest BCUT2D eigenvalue weighted by Gasteiger charge is 2.28. The van der Waals surface area contributed by atoms with Gasteiger partial charge in [0.15, 0.2) is 0 Å². The molecule has 8 heteroatoms. The molecule has 1 heterocycles. The van der Waals surface area contributed by atoms with Crippen molar-refractivity contribution in [3.05, 3.63) is 95.8 Å². The van der Waals surface area contributed by atoms with Crippen molar-refractivity contribution < 1.29 is 17.6 Å². The average molecular weight is 510 g/mol. The van der Waals surface area contributed by atoms with Crippen molar-refractivity contribution in [1.29, 1.82) is 0 Å². The van der Waals surface area contributed by atoms with Crippen LogP contribution in [0.15, 0.2) is 83.8 Å². The zero-order valence-electron chi connectivity index (χ0n) is 20.4. The lowest BCUT2D eigenvalue weighted by Gasteiger charge is -2.21. The van der Waals surface area contributed by atoms with Crippen molar-refractivity contribution in [2.45, 2.75) is 62.0 Å². The highest BCUT2D eigenvalue weighted by Crippen LogP contribution is 2.28. The highest BCUT2D eigenvalue weighted by atomic mass is 32.2. The zero-order valence-corrected chi connectivity index (χ0v) is 21.3. The molecule has 1 fully saturated rings. The van der Waals surface area contributed by atoms with Gasteiger partial charge < -0.3 is 10.6 Å². The van der Waals surface area contributed by atoms with Crippen molar-refractivity contribution >= 4 is 21.6 Å². The van der Waals surface area contributed by atoms with Gasteiger partial charge in [-0.3, -0.25) is 4.79 Å². The van der Waals surface area contributed by atoms with Gasteiger partial charge in [-0.15, -0.1) is 0 Å². The lowest BCUT2D eigenvalue weighted by atomic mass is 9.92. The molecule has 0 aromatic heterocycles. The number of benzene rings is 3. The van der Waals surface area contributed by atoms with E-state index in [1.807, 2.05) is 30.3 Å². The maximum absolute atomic E-state index is 13.1. The number of hydrogen-bond donors (Lipinski definition) is 3. The Bertz CT molecular complexity index is 1270. The fraction of sp³-hybridized carbons (Fsp3) is 0.321. The topological polar surface area (TPSA) is 87.3 Å². The summed E-state index contributed by atoms with van der Waals surface area (Å²) >= 11 is 0. The lowest BCUT2D eigenvalue weighted by Crippen LogP contribution is -2.41. The summed E-state index contributed by atoms with van der Waals surface area (Å²) < 4.78 is 40.3. The molecule has 0 bridgehead atoms. The van der Waals surface area contributed by atoms with Crippen LogP contribution in [0.1, 0.15) is 43.7 Å². The van der Waals surface area contributed by atoms with E-state index >= 15 is 0 Å². The van der Waals surface area contributed by atoms with Gasteiger partial charge in [-0.2, -0.15) is 4.72 Å². The third-order valence-electron chi connectivity index (χ3n) is 6.76. The minimum absolute atomic E-state index is 0.103. The highest BCUT2D eigenvalue weighted by molar-refractivity contribution is 7.89. The van der Waals surface area contributed by atoms with Gasteiger partial charge in [-0.25, -0.2) is 12.8 Å². The molecule has 3 aromatic carbocycles. The molecule has 0 radical (unpaired) electrons. The second-order valence-corrected chi connectivity index (χ2v) is 11.1. The molecule has 0 unspecified atom stereocenters. The maximum Gasteiger partial charge on any atom is 0.242 e. The summed E-state index contributed by atoms with van der Waals surface area (Å²) in [4.78, 5) is 12.4. The van der Waals surface area contributed by atoms with Crippen molar-refractivity contribution in [2.24, 2.45) is 0 Å². The van der Waals surface area contributed by atoms with E-state index in [9.17, 15) is 17.6 Å². The van der Waals surface area contributed by atoms with Crippen LogP contribution in [0, 0.1) is 5.82 Å². The van der Waals surface area contributed by atoms with Crippen molar-refractivity contribution in [1.82, 2.24) is 10.0 Å². The Morgan fingerprint density at radius 2 is 1.64 bits per heavy atom. The van der Waals surface area contributed by atoms with Crippen LogP contribution in [0.2, 0.25) is 0 Å². The molecule has 1 saturated heterocycles. The Labute approximate surface area is 212 Å². The second kappa shape index (κ2) is 11.3. The number of carbonyl (C=O) groups is 1. The molecular weight excluding hydrogens is 477 g/mol. The Kier molecular flexibility index (Phi) is 8.18. The summed E-state index contributed by atoms with van der Waals surface area (Å²) in [6.45, 7) is 3.73. The molecule has 4 rings (SSSR count). The molecule has 0 aliphatic carbocycles. The number of anilines is 1. The van der Waals surface area contributed by atoms with E-state index < -0.39 is 27.8 Å². The monoisotopic (exact) mass is 509 g/mol. The largest absolute Gasteiger partial charge is 0.325 e. The molecule has 0 saturated carbocycles. The molecule has 4 atom stereocenters. The SMILES string of the molecule is C[C@H](NS(=O)(=O)c1ccc(F)cc1)C(=O)Nc1ccc(C[C@@H]2CC[C@H]([C@H](C)c3ccccc3)N2)cc1. The van der Waals surface area contributed by atoms with Crippen LogP contribution >= 0.6 is 0 Å². The molecule has 6 nitrogen and oxygen atoms in total. The molecule has 1 amide bonds. The van der Waals surface area contributed by atoms with Gasteiger partial charge in [-0.05, 0) is 79.6 Å². The Hall–Kier alpha value is -3.07. The maximum atomic E-state index is 13.1. The Morgan fingerprint density at radius 3 is 2.31 bits per heavy atom. The zero-order chi connectivity index (χ0) is 25.7. The van der Waals surface area contributed by atoms with Crippen molar-refractivity contribution in [2.75, 3.05) is 5.32 Å². The standard InChI is InChI=1S/C28H32FN3O3S/c1-19(22-6-4-3-5-7-22)27-17-14-25(30-27)18-21-8-12-24(13-9-21)31-28(33)20(2)32-36(34,35)26-15-10-23(29)11-16-26/h3-13,15-16,19-20,25,27,30,32H,14,17-18H2,1-2H3,(H,31,33)/t19-,20+,25+,27-/m1/s1. The molecule has 1 aliphatic heterocycles. The van der Waals surface area contributed by atoms with Crippen LogP contribution in [0.3, 0.4) is 0 Å². The lowest BCUT2D eigenvalue weighted by molar-refractivity contribution is -0.117. The van der Waals surface area contributed by atoms with Crippen LogP contribution in [0.25, 0.3) is 0 Å². The van der Waals surface area contributed by atoms with Crippen LogP contribution < -0.4 is 15.4 Å². The van der Waals surface area contributed by atoms with Gasteiger partial charge in [-0.1, -0.05) is 49.4 Å². The van der Waals surface area contributed by atoms with Gasteiger partial charge in [0.2, 0.25) is 15.9 Å². The summed E-state index contributed by atoms with van der Waals surface area (Å²) in [6.07, 6.45) is 3.16. The fourth-order valence-corrected chi connectivity index (χ4v) is 5.82. The summed E-state index contributed by atoms with van der Waals surface area (Å²) in [5.74, 6) is -0.562. The first kappa shape index (κ1) is 26.0. The number of amides is 1. The first-order valence-electron chi connectivity index (χ1n) is 12.2. The molecule has 36 heavy (non-hydrogen) atoms. The minimum atomic E-state index is -3.95. The third kappa shape index (κ3) is 6.57. The smallest absolute Gasteiger partial charge is 0.242 e. The number of hydrogen-bond acceptors (Lipinski definition) is 4. The summed E-state index contributed by atoms with van der Waals surface area (Å²) in [5, 5.41) is 6.53. The first-order chi connectivity index (χ1) is 17.2. The predicted molar refractivity (Wildman–Crippen MR) is 140 cm³/mol. The predicted octanol–water partition coefficient (Wildman–Crippen LogP) is 4.60. The second-order valence-electron chi connectivity index (χ2n) is 9.43. The first-order valence-corrected chi connectivity index (χ1v) is 13.7. The van der Waals surface area contributed by atoms with E-state index in [0.29, 0.717) is 23.7 Å². The fourth-order valence-electron chi connectivity index (χ4n) is 4.62. The summed E-state index contributed by atoms with van der Waals surface area (Å²) in [5.41, 5.74) is 3.11. The van der Waals surface area contributed by atoms with Gasteiger partial charge in [0.1, 0.15) is 5.82 Å². The van der Waals surface area contributed by atoms with Crippen molar-refractivity contribution in [3.63, 3.8) is 0 Å². The number of carbonyl (C=O) groups excluding carboxylic acids is 1. The van der Waals surface area contributed by atoms with Crippen LogP contribution in [-0.4, -0.2) is 32.5 Å². The molecule has 3 N–H and O–H groups in total. The van der Waals surface area contributed by atoms with Gasteiger partial charge in [0, 0.05) is 17.8 Å². The quantitative estimate of drug-likeness (QED) is 0.394. The number of halogens is 1. The summed E-state index contributed by atoms with van der Waals surface area (Å²) in [7, 11) is -3.95. The molecule has 3 aromatic rings. The third-order valence-corrected chi connectivity index (χ3v) is 8.31. The van der Waals surface area contributed by atoms with E-state index in [2.05, 4.69) is 46.5 Å². The molecule has 1 aliphatic rings. The average Bonchev–Trinajstić information content (AvgIpc) is 3.33. The molecule has 0 spiro atoms. The van der Waals surface area contributed by atoms with Crippen LogP contribution in [0.5, 0.6) is 0 Å². The Balaban J connectivity index is 1.28. The van der Waals surface area contributed by atoms with E-state index in [4.69, 9.17) is 0 Å². The van der Waals surface area contributed by atoms with Gasteiger partial charge >= 0.3 is 0 Å². The van der Waals surface area contributed by atoms with Gasteiger partial charge in [0.05, 0.1) is 10.9 Å². The minimum Gasteiger partial charge on any atom is -0.325 e. The molecule has 190 valence electrons. The van der Waals surface area contributed by atoms with Crippen LogP contribution in [0.4, 0.5) is 10.1 Å². The Morgan fingerprint density at radius 1 is 0.972 bits per heavy atom. The molecular formula is C28H32FN3O3S. The van der Waals surface area contributed by atoms with E-state index in [1.165, 1.54) is 18.1 Å². The van der Waals surface area contributed by atoms with Crippen LogP contribution in [-0.2, 0) is 21.2 Å². The number of rotatable bonds is 9. The van der Waals surface area contributed by atoms with Crippen molar-refractivity contribution in [3.8, 4) is 0 Å².